The van der Waals surface area contributed by atoms with Crippen LogP contribution in [-0.4, -0.2) is 22.7 Å². The summed E-state index contributed by atoms with van der Waals surface area (Å²) in [6.45, 7) is 0.737. The molecule has 0 spiro atoms. The molecule has 2 N–H and O–H groups in total. The fraction of sp³-hybridized carbons (Fsp3) is 0.500. The monoisotopic (exact) mass is 392 g/mol. The molecule has 0 amide bonds. The summed E-state index contributed by atoms with van der Waals surface area (Å²) in [4.78, 5) is 3.23. The molecule has 2 aromatic rings. The van der Waals surface area contributed by atoms with Crippen LogP contribution in [0.2, 0.25) is 0 Å². The van der Waals surface area contributed by atoms with Crippen molar-refractivity contribution in [2.24, 2.45) is 0 Å². The molecule has 3 rings (SSSR count). The topological polar surface area (TPSA) is 45.1 Å². The molecule has 0 saturated carbocycles. The number of hydrogen-bond acceptors (Lipinski definition) is 3. The Morgan fingerprint density at radius 2 is 1.85 bits per heavy atom. The van der Waals surface area contributed by atoms with Gasteiger partial charge in [0.05, 0.1) is 17.2 Å². The molecule has 3 nitrogen and oxygen atoms in total. The summed E-state index contributed by atoms with van der Waals surface area (Å²) in [6.07, 6.45) is -8.36. The van der Waals surface area contributed by atoms with Crippen molar-refractivity contribution in [3.05, 3.63) is 41.1 Å². The molecule has 0 aliphatic carbocycles. The highest BCUT2D eigenvalue weighted by Crippen LogP contribution is 2.39. The van der Waals surface area contributed by atoms with Gasteiger partial charge in [-0.25, -0.2) is 4.98 Å². The van der Waals surface area contributed by atoms with Crippen molar-refractivity contribution in [2.45, 2.75) is 50.2 Å². The van der Waals surface area contributed by atoms with Gasteiger partial charge in [0.2, 0.25) is 0 Å². The van der Waals surface area contributed by atoms with Crippen molar-refractivity contribution in [2.75, 3.05) is 6.54 Å². The Morgan fingerprint density at radius 3 is 2.44 bits per heavy atom. The van der Waals surface area contributed by atoms with E-state index in [2.05, 4.69) is 10.3 Å². The lowest BCUT2D eigenvalue weighted by Crippen LogP contribution is -2.35. The van der Waals surface area contributed by atoms with Crippen LogP contribution in [0.3, 0.4) is 0 Å². The zero-order chi connectivity index (χ0) is 19.8. The third-order valence-corrected chi connectivity index (χ3v) is 4.75. The Morgan fingerprint density at radius 1 is 1.11 bits per heavy atom. The van der Waals surface area contributed by atoms with Crippen LogP contribution in [0.4, 0.5) is 26.3 Å². The number of hydrogen-bond donors (Lipinski definition) is 2. The molecule has 1 fully saturated rings. The smallest absolute Gasteiger partial charge is 0.388 e. The van der Waals surface area contributed by atoms with E-state index in [0.29, 0.717) is 12.1 Å². The van der Waals surface area contributed by atoms with Crippen LogP contribution in [-0.2, 0) is 12.4 Å². The Kier molecular flexibility index (Phi) is 5.36. The van der Waals surface area contributed by atoms with Crippen LogP contribution >= 0.6 is 0 Å². The van der Waals surface area contributed by atoms with Crippen LogP contribution in [0, 0.1) is 0 Å². The highest BCUT2D eigenvalue weighted by Gasteiger charge is 2.38. The zero-order valence-electron chi connectivity index (χ0n) is 14.2. The van der Waals surface area contributed by atoms with E-state index in [4.69, 9.17) is 0 Å². The number of pyridine rings is 1. The predicted molar refractivity (Wildman–Crippen MR) is 87.0 cm³/mol. The summed E-state index contributed by atoms with van der Waals surface area (Å²) < 4.78 is 79.4. The molecule has 2 atom stereocenters. The minimum Gasteiger partial charge on any atom is -0.388 e. The van der Waals surface area contributed by atoms with Gasteiger partial charge in [-0.15, -0.1) is 0 Å². The number of nitrogens with zero attached hydrogens (tertiary/aromatic N) is 1. The van der Waals surface area contributed by atoms with E-state index in [9.17, 15) is 31.4 Å². The maximum Gasteiger partial charge on any atom is 0.433 e. The van der Waals surface area contributed by atoms with E-state index in [-0.39, 0.29) is 23.4 Å². The zero-order valence-corrected chi connectivity index (χ0v) is 14.2. The van der Waals surface area contributed by atoms with Crippen LogP contribution in [0.1, 0.15) is 48.6 Å². The van der Waals surface area contributed by atoms with E-state index in [1.807, 2.05) is 0 Å². The quantitative estimate of drug-likeness (QED) is 0.735. The molecule has 0 radical (unpaired) electrons. The molecule has 0 unspecified atom stereocenters. The molecule has 148 valence electrons. The van der Waals surface area contributed by atoms with Gasteiger partial charge < -0.3 is 10.4 Å². The molecular formula is C18H18F6N2O. The molecule has 1 aromatic carbocycles. The van der Waals surface area contributed by atoms with Crippen LogP contribution in [0.25, 0.3) is 10.9 Å². The van der Waals surface area contributed by atoms with E-state index in [1.165, 1.54) is 6.07 Å². The minimum atomic E-state index is -4.93. The van der Waals surface area contributed by atoms with Gasteiger partial charge in [0.25, 0.3) is 0 Å². The average molecular weight is 392 g/mol. The molecule has 1 aromatic heterocycles. The van der Waals surface area contributed by atoms with Crippen molar-refractivity contribution in [3.8, 4) is 0 Å². The number of aliphatic hydroxyl groups excluding tert-OH is 1. The fourth-order valence-corrected chi connectivity index (χ4v) is 3.45. The number of aliphatic hydroxyl groups is 1. The number of alkyl halides is 6. The third-order valence-electron chi connectivity index (χ3n) is 4.75. The number of rotatable bonds is 3. The summed E-state index contributed by atoms with van der Waals surface area (Å²) in [5, 5.41) is 13.6. The molecule has 2 heterocycles. The Hall–Kier alpha value is -1.87. The Balaban J connectivity index is 2.12. The lowest BCUT2D eigenvalue weighted by Gasteiger charge is -2.26. The lowest BCUT2D eigenvalue weighted by molar-refractivity contribution is -0.142. The predicted octanol–water partition coefficient (Wildman–Crippen LogP) is 4.84. The van der Waals surface area contributed by atoms with E-state index < -0.39 is 35.2 Å². The Labute approximate surface area is 151 Å². The highest BCUT2D eigenvalue weighted by molar-refractivity contribution is 5.86. The highest BCUT2D eigenvalue weighted by atomic mass is 19.4. The molecule has 1 saturated heterocycles. The van der Waals surface area contributed by atoms with Gasteiger partial charge in [0.15, 0.2) is 0 Å². The number of fused-ring (bicyclic) bond motifs is 1. The van der Waals surface area contributed by atoms with Crippen LogP contribution in [0.15, 0.2) is 24.3 Å². The molecule has 1 aliphatic rings. The van der Waals surface area contributed by atoms with Gasteiger partial charge in [0, 0.05) is 11.4 Å². The van der Waals surface area contributed by atoms with Crippen LogP contribution in [0.5, 0.6) is 0 Å². The first-order valence-electron chi connectivity index (χ1n) is 8.57. The van der Waals surface area contributed by atoms with Gasteiger partial charge >= 0.3 is 12.4 Å². The molecule has 27 heavy (non-hydrogen) atoms. The van der Waals surface area contributed by atoms with Crippen LogP contribution < -0.4 is 5.32 Å². The maximum absolute atomic E-state index is 13.3. The molecule has 1 aliphatic heterocycles. The van der Waals surface area contributed by atoms with Crippen molar-refractivity contribution in [1.29, 1.82) is 0 Å². The number of aromatic nitrogens is 1. The van der Waals surface area contributed by atoms with Gasteiger partial charge in [-0.05, 0) is 43.5 Å². The van der Waals surface area contributed by atoms with E-state index in [1.54, 1.807) is 0 Å². The second kappa shape index (κ2) is 7.27. The third kappa shape index (κ3) is 4.35. The molecular weight excluding hydrogens is 374 g/mol. The number of benzene rings is 1. The molecule has 0 bridgehead atoms. The first kappa shape index (κ1) is 19.9. The molecule has 9 heteroatoms. The second-order valence-electron chi connectivity index (χ2n) is 6.69. The van der Waals surface area contributed by atoms with E-state index in [0.717, 1.165) is 31.9 Å². The lowest BCUT2D eigenvalue weighted by atomic mass is 9.93. The first-order valence-corrected chi connectivity index (χ1v) is 8.57. The minimum absolute atomic E-state index is 0.0999. The normalized spacial score (nSPS) is 20.0. The maximum atomic E-state index is 13.3. The van der Waals surface area contributed by atoms with Crippen molar-refractivity contribution in [1.82, 2.24) is 10.3 Å². The number of para-hydroxylation sites is 1. The standard InChI is InChI=1S/C18H18F6N2O/c19-17(20,21)13-6-3-5-11-12(9-15(18(22,23)24)26-16(11)13)14(27)8-10-4-1-2-7-25-10/h3,5-6,9-10,14,25,27H,1-2,4,7-8H2/t10-,14-/m0/s1. The van der Waals surface area contributed by atoms with Gasteiger partial charge in [-0.2, -0.15) is 26.3 Å². The largest absolute Gasteiger partial charge is 0.433 e. The SMILES string of the molecule is O[C@@H](C[C@@H]1CCCCN1)c1cc(C(F)(F)F)nc2c(C(F)(F)F)cccc12. The fourth-order valence-electron chi connectivity index (χ4n) is 3.45. The summed E-state index contributed by atoms with van der Waals surface area (Å²) >= 11 is 0. The van der Waals surface area contributed by atoms with Gasteiger partial charge in [-0.1, -0.05) is 18.6 Å². The summed E-state index contributed by atoms with van der Waals surface area (Å²) in [5.74, 6) is 0. The summed E-state index contributed by atoms with van der Waals surface area (Å²) in [7, 11) is 0. The number of halogens is 6. The number of nitrogens with one attached hydrogen (secondary N) is 1. The number of piperidine rings is 1. The summed E-state index contributed by atoms with van der Waals surface area (Å²) in [5.41, 5.74) is -3.69. The van der Waals surface area contributed by atoms with Crippen molar-refractivity contribution < 1.29 is 31.4 Å². The van der Waals surface area contributed by atoms with Gasteiger partial charge in [-0.3, -0.25) is 0 Å². The second-order valence-corrected chi connectivity index (χ2v) is 6.69. The Bertz CT molecular complexity index is 812. The summed E-state index contributed by atoms with van der Waals surface area (Å²) in [6, 6.07) is 3.60. The first-order chi connectivity index (χ1) is 12.6. The van der Waals surface area contributed by atoms with E-state index >= 15 is 0 Å². The van der Waals surface area contributed by atoms with Crippen molar-refractivity contribution in [3.63, 3.8) is 0 Å². The van der Waals surface area contributed by atoms with Gasteiger partial charge in [0.1, 0.15) is 5.69 Å². The van der Waals surface area contributed by atoms with Crippen molar-refractivity contribution >= 4 is 10.9 Å². The average Bonchev–Trinajstić information content (AvgIpc) is 2.59.